The fourth-order valence-corrected chi connectivity index (χ4v) is 4.25. The van der Waals surface area contributed by atoms with Crippen molar-refractivity contribution in [2.75, 3.05) is 34.8 Å². The number of para-hydroxylation sites is 1. The van der Waals surface area contributed by atoms with Gasteiger partial charge in [0.05, 0.1) is 11.6 Å². The van der Waals surface area contributed by atoms with Crippen molar-refractivity contribution in [3.8, 4) is 0 Å². The van der Waals surface area contributed by atoms with Crippen LogP contribution in [-0.4, -0.2) is 31.4 Å². The minimum absolute atomic E-state index is 0.105. The van der Waals surface area contributed by atoms with Crippen molar-refractivity contribution in [3.63, 3.8) is 0 Å². The predicted molar refractivity (Wildman–Crippen MR) is 111 cm³/mol. The lowest BCUT2D eigenvalue weighted by atomic mass is 10.1. The van der Waals surface area contributed by atoms with Crippen molar-refractivity contribution in [2.24, 2.45) is 5.92 Å². The van der Waals surface area contributed by atoms with E-state index in [0.29, 0.717) is 5.69 Å². The summed E-state index contributed by atoms with van der Waals surface area (Å²) in [6.45, 7) is 1.99. The Balaban J connectivity index is 1.51. The van der Waals surface area contributed by atoms with E-state index in [2.05, 4.69) is 26.1 Å². The molecule has 28 heavy (non-hydrogen) atoms. The van der Waals surface area contributed by atoms with Crippen LogP contribution in [0.25, 0.3) is 0 Å². The second-order valence-electron chi connectivity index (χ2n) is 7.20. The van der Waals surface area contributed by atoms with Gasteiger partial charge in [-0.2, -0.15) is 0 Å². The van der Waals surface area contributed by atoms with Crippen molar-refractivity contribution in [1.82, 2.24) is 0 Å². The van der Waals surface area contributed by atoms with Gasteiger partial charge in [0.15, 0.2) is 0 Å². The van der Waals surface area contributed by atoms with Crippen LogP contribution in [0.5, 0.6) is 0 Å². The summed E-state index contributed by atoms with van der Waals surface area (Å²) in [6.07, 6.45) is 2.23. The first-order valence-corrected chi connectivity index (χ1v) is 10.2. The fourth-order valence-electron chi connectivity index (χ4n) is 3.86. The van der Waals surface area contributed by atoms with Gasteiger partial charge in [-0.15, -0.1) is 0 Å². The molecule has 5 nitrogen and oxygen atoms in total. The second-order valence-corrected chi connectivity index (χ2v) is 8.12. The van der Waals surface area contributed by atoms with Gasteiger partial charge in [0, 0.05) is 36.2 Å². The van der Waals surface area contributed by atoms with Crippen molar-refractivity contribution in [2.45, 2.75) is 19.3 Å². The zero-order valence-corrected chi connectivity index (χ0v) is 16.9. The van der Waals surface area contributed by atoms with E-state index in [-0.39, 0.29) is 30.5 Å². The van der Waals surface area contributed by atoms with Crippen LogP contribution in [0.4, 0.5) is 21.5 Å². The largest absolute Gasteiger partial charge is 0.370 e. The maximum Gasteiger partial charge on any atom is 0.229 e. The molecule has 0 spiro atoms. The molecule has 7 heteroatoms. The zero-order valence-electron chi connectivity index (χ0n) is 15.3. The molecule has 2 aromatic carbocycles. The molecule has 0 aliphatic carbocycles. The highest BCUT2D eigenvalue weighted by atomic mass is 79.9. The molecule has 2 amide bonds. The van der Waals surface area contributed by atoms with Crippen molar-refractivity contribution < 1.29 is 14.0 Å². The highest BCUT2D eigenvalue weighted by Gasteiger charge is 2.36. The average molecular weight is 446 g/mol. The van der Waals surface area contributed by atoms with E-state index >= 15 is 0 Å². The Morgan fingerprint density at radius 1 is 1.14 bits per heavy atom. The average Bonchev–Trinajstić information content (AvgIpc) is 3.33. The number of halogens is 2. The molecule has 146 valence electrons. The zero-order chi connectivity index (χ0) is 19.7. The number of anilines is 3. The topological polar surface area (TPSA) is 52.7 Å². The van der Waals surface area contributed by atoms with E-state index < -0.39 is 11.7 Å². The number of hydrogen-bond acceptors (Lipinski definition) is 3. The number of rotatable bonds is 4. The molecule has 2 fully saturated rings. The van der Waals surface area contributed by atoms with Crippen molar-refractivity contribution >= 4 is 44.8 Å². The van der Waals surface area contributed by atoms with Crippen LogP contribution in [0, 0.1) is 11.7 Å². The van der Waals surface area contributed by atoms with E-state index in [1.807, 2.05) is 30.3 Å². The molecule has 1 atom stereocenters. The van der Waals surface area contributed by atoms with E-state index in [0.717, 1.165) is 36.1 Å². The van der Waals surface area contributed by atoms with E-state index in [1.54, 1.807) is 11.0 Å². The van der Waals surface area contributed by atoms with Gasteiger partial charge in [0.25, 0.3) is 0 Å². The van der Waals surface area contributed by atoms with E-state index in [4.69, 9.17) is 0 Å². The van der Waals surface area contributed by atoms with Gasteiger partial charge >= 0.3 is 0 Å². The lowest BCUT2D eigenvalue weighted by Crippen LogP contribution is -2.29. The molecular formula is C21H21BrFN3O2. The highest BCUT2D eigenvalue weighted by molar-refractivity contribution is 9.10. The van der Waals surface area contributed by atoms with Crippen LogP contribution in [0.2, 0.25) is 0 Å². The SMILES string of the molecule is O=C(Nc1c(F)cccc1N1CCCC1)C1CC(=O)N(c2cccc(Br)c2)C1. The molecule has 2 heterocycles. The summed E-state index contributed by atoms with van der Waals surface area (Å²) in [6, 6.07) is 12.3. The van der Waals surface area contributed by atoms with Gasteiger partial charge in [0.2, 0.25) is 11.8 Å². The lowest BCUT2D eigenvalue weighted by Gasteiger charge is -2.23. The van der Waals surface area contributed by atoms with Crippen LogP contribution in [-0.2, 0) is 9.59 Å². The van der Waals surface area contributed by atoms with Gasteiger partial charge < -0.3 is 15.1 Å². The fraction of sp³-hybridized carbons (Fsp3) is 0.333. The molecule has 4 rings (SSSR count). The Hall–Kier alpha value is -2.41. The molecule has 2 aliphatic rings. The maximum absolute atomic E-state index is 14.5. The van der Waals surface area contributed by atoms with Crippen LogP contribution < -0.4 is 15.1 Å². The third-order valence-electron chi connectivity index (χ3n) is 5.30. The molecule has 2 aromatic rings. The number of carbonyl (C=O) groups excluding carboxylic acids is 2. The first kappa shape index (κ1) is 18.9. The molecule has 2 saturated heterocycles. The Bertz CT molecular complexity index is 914. The van der Waals surface area contributed by atoms with E-state index in [1.165, 1.54) is 6.07 Å². The van der Waals surface area contributed by atoms with Crippen LogP contribution in [0.3, 0.4) is 0 Å². The Labute approximate surface area is 171 Å². The number of nitrogens with one attached hydrogen (secondary N) is 1. The molecule has 0 saturated carbocycles. The van der Waals surface area contributed by atoms with Crippen LogP contribution in [0.1, 0.15) is 19.3 Å². The molecular weight excluding hydrogens is 425 g/mol. The quantitative estimate of drug-likeness (QED) is 0.767. The monoisotopic (exact) mass is 445 g/mol. The van der Waals surface area contributed by atoms with Gasteiger partial charge in [0.1, 0.15) is 11.5 Å². The normalized spacial score (nSPS) is 19.4. The predicted octanol–water partition coefficient (Wildman–Crippen LogP) is 4.18. The summed E-state index contributed by atoms with van der Waals surface area (Å²) in [5, 5.41) is 2.76. The molecule has 0 aromatic heterocycles. The van der Waals surface area contributed by atoms with E-state index in [9.17, 15) is 14.0 Å². The molecule has 1 N–H and O–H groups in total. The van der Waals surface area contributed by atoms with Gasteiger partial charge in [-0.1, -0.05) is 28.1 Å². The second kappa shape index (κ2) is 7.91. The first-order chi connectivity index (χ1) is 13.5. The number of benzene rings is 2. The molecule has 1 unspecified atom stereocenters. The summed E-state index contributed by atoms with van der Waals surface area (Å²) in [7, 11) is 0. The smallest absolute Gasteiger partial charge is 0.229 e. The summed E-state index contributed by atoms with van der Waals surface area (Å²) in [5.41, 5.74) is 1.67. The minimum atomic E-state index is -0.516. The highest BCUT2D eigenvalue weighted by Crippen LogP contribution is 2.33. The maximum atomic E-state index is 14.5. The Kier molecular flexibility index (Phi) is 5.35. The molecule has 0 radical (unpaired) electrons. The summed E-state index contributed by atoms with van der Waals surface area (Å²) in [4.78, 5) is 29.0. The Morgan fingerprint density at radius 3 is 2.64 bits per heavy atom. The lowest BCUT2D eigenvalue weighted by molar-refractivity contribution is -0.122. The number of nitrogens with zero attached hydrogens (tertiary/aromatic N) is 2. The summed E-state index contributed by atoms with van der Waals surface area (Å²) >= 11 is 3.40. The third kappa shape index (κ3) is 3.76. The van der Waals surface area contributed by atoms with Crippen LogP contribution >= 0.6 is 15.9 Å². The standard InChI is InChI=1S/C21H21BrFN3O2/c22-15-5-3-6-16(12-15)26-13-14(11-19(26)27)21(28)24-20-17(23)7-4-8-18(20)25-9-1-2-10-25/h3-8,12,14H,1-2,9-11,13H2,(H,24,28). The van der Waals surface area contributed by atoms with Crippen LogP contribution in [0.15, 0.2) is 46.9 Å². The summed E-state index contributed by atoms with van der Waals surface area (Å²) < 4.78 is 15.4. The third-order valence-corrected chi connectivity index (χ3v) is 5.80. The molecule has 2 aliphatic heterocycles. The Morgan fingerprint density at radius 2 is 1.89 bits per heavy atom. The van der Waals surface area contributed by atoms with Crippen molar-refractivity contribution in [3.05, 3.63) is 52.8 Å². The molecule has 0 bridgehead atoms. The number of hydrogen-bond donors (Lipinski definition) is 1. The van der Waals surface area contributed by atoms with Gasteiger partial charge in [-0.25, -0.2) is 4.39 Å². The number of carbonyl (C=O) groups is 2. The number of amides is 2. The summed E-state index contributed by atoms with van der Waals surface area (Å²) in [5.74, 6) is -1.40. The van der Waals surface area contributed by atoms with Crippen molar-refractivity contribution in [1.29, 1.82) is 0 Å². The first-order valence-electron chi connectivity index (χ1n) is 9.43. The minimum Gasteiger partial charge on any atom is -0.370 e. The van der Waals surface area contributed by atoms with Gasteiger partial charge in [-0.05, 0) is 43.2 Å². The van der Waals surface area contributed by atoms with Gasteiger partial charge in [-0.3, -0.25) is 9.59 Å².